The van der Waals surface area contributed by atoms with Gasteiger partial charge in [0.15, 0.2) is 0 Å². The van der Waals surface area contributed by atoms with Crippen LogP contribution in [0, 0.1) is 13.8 Å². The predicted molar refractivity (Wildman–Crippen MR) is 60.6 cm³/mol. The molecule has 1 atom stereocenters. The Bertz CT molecular complexity index is 426. The Balaban J connectivity index is 2.42. The molecule has 1 aliphatic rings. The summed E-state index contributed by atoms with van der Waals surface area (Å²) in [7, 11) is 0. The lowest BCUT2D eigenvalue weighted by atomic mass is 9.97. The van der Waals surface area contributed by atoms with E-state index in [1.54, 1.807) is 0 Å². The van der Waals surface area contributed by atoms with Gasteiger partial charge in [0.2, 0.25) is 11.6 Å². The lowest BCUT2D eigenvalue weighted by molar-refractivity contribution is 0.0649. The van der Waals surface area contributed by atoms with Crippen molar-refractivity contribution in [1.29, 1.82) is 0 Å². The summed E-state index contributed by atoms with van der Waals surface area (Å²) in [6.45, 7) is 8.01. The first-order valence-corrected chi connectivity index (χ1v) is 5.09. The van der Waals surface area contributed by atoms with Crippen molar-refractivity contribution in [3.05, 3.63) is 34.9 Å². The van der Waals surface area contributed by atoms with Crippen LogP contribution in [0.15, 0.2) is 23.3 Å². The maximum Gasteiger partial charge on any atom is 0.220 e. The Hall–Kier alpha value is -1.51. The molecule has 1 aliphatic heterocycles. The molecule has 0 bridgehead atoms. The zero-order valence-electron chi connectivity index (χ0n) is 9.59. The highest BCUT2D eigenvalue weighted by Gasteiger charge is 2.34. The van der Waals surface area contributed by atoms with Crippen molar-refractivity contribution in [3.63, 3.8) is 0 Å². The van der Waals surface area contributed by atoms with Crippen LogP contribution in [0.2, 0.25) is 0 Å². The average molecular weight is 204 g/mol. The summed E-state index contributed by atoms with van der Waals surface area (Å²) >= 11 is 0. The lowest BCUT2D eigenvalue weighted by Crippen LogP contribution is -2.35. The molecule has 15 heavy (non-hydrogen) atoms. The normalized spacial score (nSPS) is 24.4. The molecule has 1 aromatic rings. The standard InChI is InChI=1S/C12H16N2O/c1-8-5-6-9(2)11(7-8)12(4)14-13-10(3)15-12/h5-7,14H,1-4H3. The molecule has 0 saturated heterocycles. The number of hydrazone groups is 1. The van der Waals surface area contributed by atoms with E-state index >= 15 is 0 Å². The Labute approximate surface area is 90.1 Å². The van der Waals surface area contributed by atoms with Crippen molar-refractivity contribution < 1.29 is 4.74 Å². The average Bonchev–Trinajstić information content (AvgIpc) is 2.52. The predicted octanol–water partition coefficient (Wildman–Crippen LogP) is 2.43. The lowest BCUT2D eigenvalue weighted by Gasteiger charge is -2.26. The van der Waals surface area contributed by atoms with Gasteiger partial charge in [-0.3, -0.25) is 5.43 Å². The molecule has 0 aromatic heterocycles. The SMILES string of the molecule is CC1=NNC(C)(c2cc(C)ccc2C)O1. The Morgan fingerprint density at radius 2 is 2.00 bits per heavy atom. The van der Waals surface area contributed by atoms with Crippen molar-refractivity contribution >= 4 is 5.90 Å². The molecule has 3 nitrogen and oxygen atoms in total. The molecule has 1 unspecified atom stereocenters. The largest absolute Gasteiger partial charge is 0.448 e. The van der Waals surface area contributed by atoms with Crippen LogP contribution in [-0.2, 0) is 10.5 Å². The second-order valence-corrected chi connectivity index (χ2v) is 4.20. The fourth-order valence-electron chi connectivity index (χ4n) is 1.89. The van der Waals surface area contributed by atoms with Gasteiger partial charge in [0, 0.05) is 19.4 Å². The molecular formula is C12H16N2O. The molecule has 0 fully saturated rings. The van der Waals surface area contributed by atoms with E-state index in [2.05, 4.69) is 42.6 Å². The number of nitrogens with zero attached hydrogens (tertiary/aromatic N) is 1. The third-order valence-corrected chi connectivity index (χ3v) is 2.69. The third kappa shape index (κ3) is 1.69. The van der Waals surface area contributed by atoms with Crippen molar-refractivity contribution in [3.8, 4) is 0 Å². The highest BCUT2D eigenvalue weighted by molar-refractivity contribution is 5.74. The second kappa shape index (κ2) is 3.26. The van der Waals surface area contributed by atoms with Gasteiger partial charge in [0.1, 0.15) is 0 Å². The monoisotopic (exact) mass is 204 g/mol. The highest BCUT2D eigenvalue weighted by atomic mass is 16.5. The van der Waals surface area contributed by atoms with E-state index in [1.807, 2.05) is 13.8 Å². The van der Waals surface area contributed by atoms with E-state index in [0.29, 0.717) is 5.90 Å². The maximum atomic E-state index is 5.71. The van der Waals surface area contributed by atoms with Crippen molar-refractivity contribution in [1.82, 2.24) is 5.43 Å². The number of hydrogen-bond donors (Lipinski definition) is 1. The topological polar surface area (TPSA) is 33.6 Å². The number of ether oxygens (including phenoxy) is 1. The fourth-order valence-corrected chi connectivity index (χ4v) is 1.89. The van der Waals surface area contributed by atoms with Crippen LogP contribution in [0.4, 0.5) is 0 Å². The fraction of sp³-hybridized carbons (Fsp3) is 0.417. The van der Waals surface area contributed by atoms with Gasteiger partial charge in [-0.1, -0.05) is 17.7 Å². The molecule has 1 aromatic carbocycles. The van der Waals surface area contributed by atoms with Crippen LogP contribution in [0.25, 0.3) is 0 Å². The number of rotatable bonds is 1. The summed E-state index contributed by atoms with van der Waals surface area (Å²) in [5.41, 5.74) is 6.10. The Morgan fingerprint density at radius 1 is 1.27 bits per heavy atom. The van der Waals surface area contributed by atoms with Gasteiger partial charge in [-0.15, -0.1) is 5.10 Å². The molecule has 80 valence electrons. The first-order chi connectivity index (χ1) is 7.01. The molecule has 0 spiro atoms. The van der Waals surface area contributed by atoms with Gasteiger partial charge < -0.3 is 4.74 Å². The molecule has 1 heterocycles. The summed E-state index contributed by atoms with van der Waals surface area (Å²) in [4.78, 5) is 0. The Kier molecular flexibility index (Phi) is 2.18. The summed E-state index contributed by atoms with van der Waals surface area (Å²) in [6, 6.07) is 6.34. The van der Waals surface area contributed by atoms with Crippen LogP contribution in [-0.4, -0.2) is 5.90 Å². The van der Waals surface area contributed by atoms with Crippen molar-refractivity contribution in [2.75, 3.05) is 0 Å². The molecule has 0 saturated carbocycles. The van der Waals surface area contributed by atoms with Crippen molar-refractivity contribution in [2.24, 2.45) is 5.10 Å². The molecule has 0 radical (unpaired) electrons. The van der Waals surface area contributed by atoms with Crippen LogP contribution in [0.5, 0.6) is 0 Å². The quantitative estimate of drug-likeness (QED) is 0.762. The smallest absolute Gasteiger partial charge is 0.220 e. The molecular weight excluding hydrogens is 188 g/mol. The second-order valence-electron chi connectivity index (χ2n) is 4.20. The molecule has 0 aliphatic carbocycles. The van der Waals surface area contributed by atoms with Gasteiger partial charge in [-0.05, 0) is 25.5 Å². The van der Waals surface area contributed by atoms with Gasteiger partial charge in [0.25, 0.3) is 0 Å². The van der Waals surface area contributed by atoms with E-state index in [4.69, 9.17) is 4.74 Å². The first-order valence-electron chi connectivity index (χ1n) is 5.09. The van der Waals surface area contributed by atoms with E-state index in [-0.39, 0.29) is 0 Å². The molecule has 2 rings (SSSR count). The summed E-state index contributed by atoms with van der Waals surface area (Å²) in [5, 5.41) is 4.08. The van der Waals surface area contributed by atoms with E-state index < -0.39 is 5.72 Å². The van der Waals surface area contributed by atoms with Crippen LogP contribution in [0.3, 0.4) is 0 Å². The minimum atomic E-state index is -0.514. The van der Waals surface area contributed by atoms with Crippen LogP contribution < -0.4 is 5.43 Å². The van der Waals surface area contributed by atoms with Crippen LogP contribution >= 0.6 is 0 Å². The maximum absolute atomic E-state index is 5.71. The minimum absolute atomic E-state index is 0.514. The van der Waals surface area contributed by atoms with Gasteiger partial charge >= 0.3 is 0 Å². The van der Waals surface area contributed by atoms with Crippen LogP contribution in [0.1, 0.15) is 30.5 Å². The van der Waals surface area contributed by atoms with E-state index in [0.717, 1.165) is 5.56 Å². The number of aryl methyl sites for hydroxylation is 2. The van der Waals surface area contributed by atoms with E-state index in [9.17, 15) is 0 Å². The van der Waals surface area contributed by atoms with Crippen molar-refractivity contribution in [2.45, 2.75) is 33.4 Å². The molecule has 3 heteroatoms. The summed E-state index contributed by atoms with van der Waals surface area (Å²) in [5.74, 6) is 0.679. The highest BCUT2D eigenvalue weighted by Crippen LogP contribution is 2.29. The van der Waals surface area contributed by atoms with Gasteiger partial charge in [0.05, 0.1) is 0 Å². The number of benzene rings is 1. The number of hydrogen-bond acceptors (Lipinski definition) is 3. The van der Waals surface area contributed by atoms with Gasteiger partial charge in [-0.2, -0.15) is 0 Å². The minimum Gasteiger partial charge on any atom is -0.448 e. The third-order valence-electron chi connectivity index (χ3n) is 2.69. The number of nitrogens with one attached hydrogen (secondary N) is 1. The van der Waals surface area contributed by atoms with E-state index in [1.165, 1.54) is 11.1 Å². The summed E-state index contributed by atoms with van der Waals surface area (Å²) < 4.78 is 5.71. The van der Waals surface area contributed by atoms with Gasteiger partial charge in [-0.25, -0.2) is 0 Å². The molecule has 1 N–H and O–H groups in total. The zero-order chi connectivity index (χ0) is 11.1. The first kappa shape index (κ1) is 10.0. The summed E-state index contributed by atoms with van der Waals surface area (Å²) in [6.07, 6.45) is 0. The Morgan fingerprint density at radius 3 is 2.60 bits per heavy atom. The zero-order valence-corrected chi connectivity index (χ0v) is 9.59. The molecule has 0 amide bonds.